The summed E-state index contributed by atoms with van der Waals surface area (Å²) in [6, 6.07) is 0. The van der Waals surface area contributed by atoms with Gasteiger partial charge in [-0.05, 0) is 44.4 Å². The first-order chi connectivity index (χ1) is 8.74. The molecular formula is C14H22N2OS. The highest BCUT2D eigenvalue weighted by atomic mass is 32.1. The van der Waals surface area contributed by atoms with Crippen LogP contribution in [-0.2, 0) is 6.42 Å². The van der Waals surface area contributed by atoms with Gasteiger partial charge >= 0.3 is 0 Å². The number of aromatic nitrogens is 1. The first-order valence-corrected chi connectivity index (χ1v) is 7.98. The topological polar surface area (TPSA) is 36.4 Å². The van der Waals surface area contributed by atoms with E-state index in [0.29, 0.717) is 0 Å². The van der Waals surface area contributed by atoms with Crippen LogP contribution in [0.15, 0.2) is 0 Å². The van der Waals surface area contributed by atoms with Gasteiger partial charge in [-0.2, -0.15) is 0 Å². The number of aliphatic hydroxyl groups excluding tert-OH is 1. The molecule has 3 rings (SSSR count). The number of aliphatic hydroxyl groups is 1. The Hall–Kier alpha value is -0.610. The molecule has 0 spiro atoms. The minimum atomic E-state index is -0.315. The summed E-state index contributed by atoms with van der Waals surface area (Å²) in [5.41, 5.74) is 0.971. The van der Waals surface area contributed by atoms with Crippen molar-refractivity contribution >= 4 is 16.5 Å². The molecule has 2 atom stereocenters. The van der Waals surface area contributed by atoms with Gasteiger partial charge in [-0.25, -0.2) is 4.98 Å². The molecule has 1 aliphatic heterocycles. The van der Waals surface area contributed by atoms with Gasteiger partial charge in [0.1, 0.15) is 0 Å². The number of anilines is 1. The lowest BCUT2D eigenvalue weighted by molar-refractivity contribution is 0.153. The van der Waals surface area contributed by atoms with E-state index in [1.165, 1.54) is 24.1 Å². The van der Waals surface area contributed by atoms with Gasteiger partial charge in [-0.15, -0.1) is 11.3 Å². The van der Waals surface area contributed by atoms with Crippen molar-refractivity contribution in [2.75, 3.05) is 18.0 Å². The molecule has 0 bridgehead atoms. The molecule has 1 aliphatic carbocycles. The van der Waals surface area contributed by atoms with Gasteiger partial charge < -0.3 is 10.0 Å². The minimum Gasteiger partial charge on any atom is -0.387 e. The van der Waals surface area contributed by atoms with Gasteiger partial charge in [-0.3, -0.25) is 0 Å². The zero-order valence-electron chi connectivity index (χ0n) is 11.1. The van der Waals surface area contributed by atoms with Gasteiger partial charge in [0.15, 0.2) is 5.13 Å². The Kier molecular flexibility index (Phi) is 3.57. The van der Waals surface area contributed by atoms with Crippen molar-refractivity contribution < 1.29 is 5.11 Å². The molecular weight excluding hydrogens is 244 g/mol. The predicted octanol–water partition coefficient (Wildman–Crippen LogP) is 3.14. The maximum absolute atomic E-state index is 10.00. The molecule has 2 unspecified atom stereocenters. The second-order valence-corrected chi connectivity index (χ2v) is 6.80. The summed E-state index contributed by atoms with van der Waals surface area (Å²) < 4.78 is 0. The highest BCUT2D eigenvalue weighted by Crippen LogP contribution is 2.37. The summed E-state index contributed by atoms with van der Waals surface area (Å²) in [6.07, 6.45) is 6.66. The van der Waals surface area contributed by atoms with Gasteiger partial charge in [-0.1, -0.05) is 6.92 Å². The van der Waals surface area contributed by atoms with Crippen LogP contribution >= 0.6 is 11.3 Å². The predicted molar refractivity (Wildman–Crippen MR) is 75.2 cm³/mol. The smallest absolute Gasteiger partial charge is 0.185 e. The lowest BCUT2D eigenvalue weighted by Crippen LogP contribution is -2.24. The molecule has 1 saturated heterocycles. The first kappa shape index (κ1) is 12.4. The fourth-order valence-corrected chi connectivity index (χ4v) is 4.18. The summed E-state index contributed by atoms with van der Waals surface area (Å²) in [6.45, 7) is 4.61. The molecule has 1 N–H and O–H groups in total. The summed E-state index contributed by atoms with van der Waals surface area (Å²) in [5, 5.41) is 11.1. The van der Waals surface area contributed by atoms with Crippen molar-refractivity contribution in [1.82, 2.24) is 4.98 Å². The third kappa shape index (κ3) is 2.41. The maximum atomic E-state index is 10.00. The van der Waals surface area contributed by atoms with Crippen LogP contribution in [0.5, 0.6) is 0 Å². The summed E-state index contributed by atoms with van der Waals surface area (Å²) in [4.78, 5) is 8.47. The maximum Gasteiger partial charge on any atom is 0.185 e. The van der Waals surface area contributed by atoms with Crippen LogP contribution in [0.25, 0.3) is 0 Å². The van der Waals surface area contributed by atoms with Crippen LogP contribution in [0.3, 0.4) is 0 Å². The Balaban J connectivity index is 1.79. The lowest BCUT2D eigenvalue weighted by Gasteiger charge is -2.19. The summed E-state index contributed by atoms with van der Waals surface area (Å²) in [5.74, 6) is 0.843. The standard InChI is InChI=1S/C14H22N2OS/c1-10-4-3-8-16(9-7-10)14-15-13-11(17)5-2-6-12(13)18-14/h10-11,17H,2-9H2,1H3. The van der Waals surface area contributed by atoms with E-state index in [1.54, 1.807) is 0 Å². The van der Waals surface area contributed by atoms with E-state index in [1.807, 2.05) is 11.3 Å². The van der Waals surface area contributed by atoms with Crippen molar-refractivity contribution in [2.45, 2.75) is 51.6 Å². The summed E-state index contributed by atoms with van der Waals surface area (Å²) in [7, 11) is 0. The number of aryl methyl sites for hydroxylation is 1. The van der Waals surface area contributed by atoms with Crippen molar-refractivity contribution in [3.05, 3.63) is 10.6 Å². The van der Waals surface area contributed by atoms with Crippen LogP contribution in [-0.4, -0.2) is 23.2 Å². The third-order valence-electron chi connectivity index (χ3n) is 4.20. The minimum absolute atomic E-state index is 0.315. The van der Waals surface area contributed by atoms with E-state index in [0.717, 1.165) is 49.1 Å². The van der Waals surface area contributed by atoms with E-state index in [-0.39, 0.29) is 6.10 Å². The molecule has 0 saturated carbocycles. The highest BCUT2D eigenvalue weighted by Gasteiger charge is 2.25. The zero-order valence-corrected chi connectivity index (χ0v) is 11.9. The van der Waals surface area contributed by atoms with Gasteiger partial charge in [0.05, 0.1) is 11.8 Å². The van der Waals surface area contributed by atoms with Gasteiger partial charge in [0.2, 0.25) is 0 Å². The lowest BCUT2D eigenvalue weighted by atomic mass is 10.0. The Labute approximate surface area is 113 Å². The second kappa shape index (κ2) is 5.17. The van der Waals surface area contributed by atoms with Crippen LogP contribution < -0.4 is 4.90 Å². The number of nitrogens with zero attached hydrogens (tertiary/aromatic N) is 2. The van der Waals surface area contributed by atoms with E-state index < -0.39 is 0 Å². The second-order valence-electron chi connectivity index (χ2n) is 5.74. The monoisotopic (exact) mass is 266 g/mol. The normalized spacial score (nSPS) is 28.9. The van der Waals surface area contributed by atoms with Crippen molar-refractivity contribution in [2.24, 2.45) is 5.92 Å². The molecule has 2 heterocycles. The summed E-state index contributed by atoms with van der Waals surface area (Å²) >= 11 is 1.81. The Morgan fingerprint density at radius 2 is 2.11 bits per heavy atom. The fraction of sp³-hybridized carbons (Fsp3) is 0.786. The number of hydrogen-bond acceptors (Lipinski definition) is 4. The van der Waals surface area contributed by atoms with Crippen LogP contribution in [0.1, 0.15) is 55.7 Å². The molecule has 0 radical (unpaired) electrons. The van der Waals surface area contributed by atoms with E-state index in [9.17, 15) is 5.11 Å². The molecule has 1 aromatic heterocycles. The van der Waals surface area contributed by atoms with Crippen molar-refractivity contribution in [3.8, 4) is 0 Å². The third-order valence-corrected chi connectivity index (χ3v) is 5.39. The van der Waals surface area contributed by atoms with Gasteiger partial charge in [0, 0.05) is 18.0 Å². The van der Waals surface area contributed by atoms with E-state index in [2.05, 4.69) is 11.8 Å². The molecule has 100 valence electrons. The van der Waals surface area contributed by atoms with Crippen LogP contribution in [0.4, 0.5) is 5.13 Å². The van der Waals surface area contributed by atoms with Crippen molar-refractivity contribution in [1.29, 1.82) is 0 Å². The van der Waals surface area contributed by atoms with Crippen LogP contribution in [0, 0.1) is 5.92 Å². The molecule has 0 aromatic carbocycles. The van der Waals surface area contributed by atoms with Gasteiger partial charge in [0.25, 0.3) is 0 Å². The fourth-order valence-electron chi connectivity index (χ4n) is 2.97. The SMILES string of the molecule is CC1CCCN(c2nc3c(s2)CCCC3O)CC1. The number of hydrogen-bond donors (Lipinski definition) is 1. The Bertz CT molecular complexity index is 418. The van der Waals surface area contributed by atoms with Crippen molar-refractivity contribution in [3.63, 3.8) is 0 Å². The largest absolute Gasteiger partial charge is 0.387 e. The molecule has 3 nitrogen and oxygen atoms in total. The molecule has 1 aromatic rings. The zero-order chi connectivity index (χ0) is 12.5. The number of thiazole rings is 1. The highest BCUT2D eigenvalue weighted by molar-refractivity contribution is 7.15. The average Bonchev–Trinajstić information content (AvgIpc) is 2.67. The molecule has 4 heteroatoms. The Morgan fingerprint density at radius 3 is 2.94 bits per heavy atom. The molecule has 0 amide bonds. The average molecular weight is 266 g/mol. The molecule has 1 fully saturated rings. The quantitative estimate of drug-likeness (QED) is 0.848. The van der Waals surface area contributed by atoms with E-state index in [4.69, 9.17) is 4.98 Å². The first-order valence-electron chi connectivity index (χ1n) is 7.16. The molecule has 18 heavy (non-hydrogen) atoms. The van der Waals surface area contributed by atoms with Crippen LogP contribution in [0.2, 0.25) is 0 Å². The number of rotatable bonds is 1. The molecule has 2 aliphatic rings. The van der Waals surface area contributed by atoms with E-state index >= 15 is 0 Å². The number of fused-ring (bicyclic) bond motifs is 1. The Morgan fingerprint density at radius 1 is 1.22 bits per heavy atom.